The fourth-order valence-corrected chi connectivity index (χ4v) is 2.53. The van der Waals surface area contributed by atoms with Crippen LogP contribution in [0.4, 0.5) is 0 Å². The summed E-state index contributed by atoms with van der Waals surface area (Å²) < 4.78 is 5.15. The molecule has 3 nitrogen and oxygen atoms in total. The van der Waals surface area contributed by atoms with Gasteiger partial charge in [-0.3, -0.25) is 0 Å². The first-order valence-electron chi connectivity index (χ1n) is 6.87. The highest BCUT2D eigenvalue weighted by Crippen LogP contribution is 2.15. The Kier molecular flexibility index (Phi) is 5.02. The standard InChI is InChI=1S/C15H24N2O/c1-3-17-9-8-14(12-17)11-16-10-13-4-6-15(18-2)7-5-13/h4-7,14,16H,3,8-12H2,1-2H3. The zero-order valence-electron chi connectivity index (χ0n) is 11.5. The van der Waals surface area contributed by atoms with Gasteiger partial charge in [-0.2, -0.15) is 0 Å². The summed E-state index contributed by atoms with van der Waals surface area (Å²) in [6.45, 7) is 8.04. The van der Waals surface area contributed by atoms with E-state index in [-0.39, 0.29) is 0 Å². The molecule has 100 valence electrons. The Balaban J connectivity index is 1.68. The molecule has 1 saturated heterocycles. The van der Waals surface area contributed by atoms with Gasteiger partial charge in [0.05, 0.1) is 7.11 Å². The van der Waals surface area contributed by atoms with Crippen LogP contribution in [0.1, 0.15) is 18.9 Å². The summed E-state index contributed by atoms with van der Waals surface area (Å²) in [5.41, 5.74) is 1.32. The van der Waals surface area contributed by atoms with Gasteiger partial charge in [0.1, 0.15) is 5.75 Å². The van der Waals surface area contributed by atoms with Crippen LogP contribution in [0.25, 0.3) is 0 Å². The van der Waals surface area contributed by atoms with Gasteiger partial charge in [-0.15, -0.1) is 0 Å². The van der Waals surface area contributed by atoms with Crippen LogP contribution >= 0.6 is 0 Å². The van der Waals surface area contributed by atoms with Crippen LogP contribution in [0.5, 0.6) is 5.75 Å². The van der Waals surface area contributed by atoms with Crippen LogP contribution in [0.2, 0.25) is 0 Å². The van der Waals surface area contributed by atoms with Crippen molar-refractivity contribution in [1.29, 1.82) is 0 Å². The highest BCUT2D eigenvalue weighted by molar-refractivity contribution is 5.26. The van der Waals surface area contributed by atoms with Crippen molar-refractivity contribution in [3.05, 3.63) is 29.8 Å². The monoisotopic (exact) mass is 248 g/mol. The fraction of sp³-hybridized carbons (Fsp3) is 0.600. The summed E-state index contributed by atoms with van der Waals surface area (Å²) in [6, 6.07) is 8.29. The van der Waals surface area contributed by atoms with Crippen molar-refractivity contribution in [2.24, 2.45) is 5.92 Å². The highest BCUT2D eigenvalue weighted by atomic mass is 16.5. The molecule has 1 aromatic carbocycles. The summed E-state index contributed by atoms with van der Waals surface area (Å²) in [4.78, 5) is 2.53. The Labute approximate surface area is 110 Å². The normalized spacial score (nSPS) is 20.2. The number of nitrogens with zero attached hydrogens (tertiary/aromatic N) is 1. The van der Waals surface area contributed by atoms with Crippen molar-refractivity contribution in [3.63, 3.8) is 0 Å². The third-order valence-electron chi connectivity index (χ3n) is 3.74. The summed E-state index contributed by atoms with van der Waals surface area (Å²) in [6.07, 6.45) is 1.34. The SMILES string of the molecule is CCN1CCC(CNCc2ccc(OC)cc2)C1. The molecule has 1 aliphatic rings. The molecule has 0 bridgehead atoms. The van der Waals surface area contributed by atoms with Gasteiger partial charge in [-0.05, 0) is 49.7 Å². The lowest BCUT2D eigenvalue weighted by molar-refractivity contribution is 0.339. The molecule has 3 heteroatoms. The molecule has 0 saturated carbocycles. The molecule has 0 aliphatic carbocycles. The average Bonchev–Trinajstić information content (AvgIpc) is 2.87. The van der Waals surface area contributed by atoms with E-state index in [2.05, 4.69) is 29.3 Å². The van der Waals surface area contributed by atoms with Gasteiger partial charge in [-0.1, -0.05) is 19.1 Å². The number of rotatable bonds is 6. The Morgan fingerprint density at radius 3 is 2.72 bits per heavy atom. The van der Waals surface area contributed by atoms with E-state index in [1.54, 1.807) is 7.11 Å². The number of benzene rings is 1. The molecule has 0 amide bonds. The number of likely N-dealkylation sites (tertiary alicyclic amines) is 1. The van der Waals surface area contributed by atoms with Crippen molar-refractivity contribution in [1.82, 2.24) is 10.2 Å². The molecule has 1 aromatic rings. The molecule has 1 aliphatic heterocycles. The minimum atomic E-state index is 0.822. The quantitative estimate of drug-likeness (QED) is 0.834. The average molecular weight is 248 g/mol. The van der Waals surface area contributed by atoms with Crippen molar-refractivity contribution >= 4 is 0 Å². The van der Waals surface area contributed by atoms with Crippen molar-refractivity contribution in [2.45, 2.75) is 19.9 Å². The Morgan fingerprint density at radius 2 is 2.11 bits per heavy atom. The molecular weight excluding hydrogens is 224 g/mol. The predicted molar refractivity (Wildman–Crippen MR) is 74.9 cm³/mol. The zero-order chi connectivity index (χ0) is 12.8. The molecule has 0 radical (unpaired) electrons. The van der Waals surface area contributed by atoms with E-state index in [1.807, 2.05) is 12.1 Å². The second-order valence-corrected chi connectivity index (χ2v) is 5.03. The summed E-state index contributed by atoms with van der Waals surface area (Å²) >= 11 is 0. The molecule has 1 atom stereocenters. The molecule has 0 aromatic heterocycles. The van der Waals surface area contributed by atoms with Gasteiger partial charge in [0.2, 0.25) is 0 Å². The van der Waals surface area contributed by atoms with Crippen molar-refractivity contribution < 1.29 is 4.74 Å². The number of hydrogen-bond acceptors (Lipinski definition) is 3. The maximum Gasteiger partial charge on any atom is 0.118 e. The molecule has 1 unspecified atom stereocenters. The fourth-order valence-electron chi connectivity index (χ4n) is 2.53. The number of nitrogens with one attached hydrogen (secondary N) is 1. The van der Waals surface area contributed by atoms with Crippen LogP contribution in [-0.4, -0.2) is 38.2 Å². The molecule has 1 fully saturated rings. The van der Waals surface area contributed by atoms with E-state index in [9.17, 15) is 0 Å². The Bertz CT molecular complexity index is 350. The van der Waals surface area contributed by atoms with Gasteiger partial charge < -0.3 is 15.0 Å². The van der Waals surface area contributed by atoms with Crippen molar-refractivity contribution in [2.75, 3.05) is 33.3 Å². The summed E-state index contributed by atoms with van der Waals surface area (Å²) in [7, 11) is 1.70. The van der Waals surface area contributed by atoms with E-state index < -0.39 is 0 Å². The van der Waals surface area contributed by atoms with Crippen LogP contribution in [0.3, 0.4) is 0 Å². The summed E-state index contributed by atoms with van der Waals surface area (Å²) in [5.74, 6) is 1.75. The number of methoxy groups -OCH3 is 1. The van der Waals surface area contributed by atoms with Gasteiger partial charge >= 0.3 is 0 Å². The molecular formula is C15H24N2O. The Hall–Kier alpha value is -1.06. The minimum absolute atomic E-state index is 0.822. The maximum atomic E-state index is 5.15. The topological polar surface area (TPSA) is 24.5 Å². The van der Waals surface area contributed by atoms with Crippen molar-refractivity contribution in [3.8, 4) is 5.75 Å². The third kappa shape index (κ3) is 3.72. The lowest BCUT2D eigenvalue weighted by Crippen LogP contribution is -2.26. The zero-order valence-corrected chi connectivity index (χ0v) is 11.5. The van der Waals surface area contributed by atoms with Gasteiger partial charge in [0.25, 0.3) is 0 Å². The van der Waals surface area contributed by atoms with E-state index in [4.69, 9.17) is 4.74 Å². The van der Waals surface area contributed by atoms with Crippen LogP contribution in [0, 0.1) is 5.92 Å². The maximum absolute atomic E-state index is 5.15. The van der Waals surface area contributed by atoms with E-state index in [0.717, 1.165) is 24.8 Å². The predicted octanol–water partition coefficient (Wildman–Crippen LogP) is 2.13. The molecule has 1 N–H and O–H groups in total. The van der Waals surface area contributed by atoms with Gasteiger partial charge in [-0.25, -0.2) is 0 Å². The second-order valence-electron chi connectivity index (χ2n) is 5.03. The number of ether oxygens (including phenoxy) is 1. The Morgan fingerprint density at radius 1 is 1.33 bits per heavy atom. The molecule has 0 spiro atoms. The lowest BCUT2D eigenvalue weighted by atomic mass is 10.1. The lowest BCUT2D eigenvalue weighted by Gasteiger charge is -2.13. The van der Waals surface area contributed by atoms with Crippen LogP contribution < -0.4 is 10.1 Å². The van der Waals surface area contributed by atoms with Crippen LogP contribution in [-0.2, 0) is 6.54 Å². The van der Waals surface area contributed by atoms with E-state index in [0.29, 0.717) is 0 Å². The first-order valence-corrected chi connectivity index (χ1v) is 6.87. The van der Waals surface area contributed by atoms with Gasteiger partial charge in [0, 0.05) is 13.1 Å². The van der Waals surface area contributed by atoms with Gasteiger partial charge in [0.15, 0.2) is 0 Å². The largest absolute Gasteiger partial charge is 0.497 e. The summed E-state index contributed by atoms with van der Waals surface area (Å²) in [5, 5.41) is 3.56. The van der Waals surface area contributed by atoms with Crippen LogP contribution in [0.15, 0.2) is 24.3 Å². The minimum Gasteiger partial charge on any atom is -0.497 e. The second kappa shape index (κ2) is 6.76. The molecule has 2 rings (SSSR count). The first kappa shape index (κ1) is 13.4. The highest BCUT2D eigenvalue weighted by Gasteiger charge is 2.20. The smallest absolute Gasteiger partial charge is 0.118 e. The molecule has 1 heterocycles. The first-order chi connectivity index (χ1) is 8.81. The molecule has 18 heavy (non-hydrogen) atoms. The third-order valence-corrected chi connectivity index (χ3v) is 3.74. The van der Waals surface area contributed by atoms with E-state index >= 15 is 0 Å². The number of hydrogen-bond donors (Lipinski definition) is 1. The van der Waals surface area contributed by atoms with E-state index in [1.165, 1.54) is 31.6 Å².